The molecule has 84 valence electrons. The van der Waals surface area contributed by atoms with Gasteiger partial charge in [0.15, 0.2) is 0 Å². The van der Waals surface area contributed by atoms with Crippen LogP contribution in [0.15, 0.2) is 29.1 Å². The van der Waals surface area contributed by atoms with Crippen molar-refractivity contribution >= 4 is 27.5 Å². The molecule has 4 nitrogen and oxygen atoms in total. The molecule has 2 rings (SSSR count). The summed E-state index contributed by atoms with van der Waals surface area (Å²) in [7, 11) is 1.59. The fourth-order valence-electron chi connectivity index (χ4n) is 1.56. The standard InChI is InChI=1S/C11H12N2O2S/c1-12-10(14)6-7-13-8-4-2-3-5-9(8)16-11(13)15/h2-5H,6-7H2,1H3,(H,12,14). The van der Waals surface area contributed by atoms with E-state index in [1.165, 1.54) is 11.3 Å². The molecule has 1 aromatic heterocycles. The molecular weight excluding hydrogens is 224 g/mol. The molecule has 1 heterocycles. The van der Waals surface area contributed by atoms with Crippen LogP contribution in [-0.2, 0) is 11.3 Å². The molecule has 0 radical (unpaired) electrons. The van der Waals surface area contributed by atoms with Crippen molar-refractivity contribution in [3.63, 3.8) is 0 Å². The summed E-state index contributed by atoms with van der Waals surface area (Å²) in [5, 5.41) is 2.54. The number of carbonyl (C=O) groups is 1. The molecular formula is C11H12N2O2S. The van der Waals surface area contributed by atoms with Crippen molar-refractivity contribution in [1.29, 1.82) is 0 Å². The molecule has 5 heteroatoms. The number of thiazole rings is 1. The third-order valence-electron chi connectivity index (χ3n) is 2.42. The van der Waals surface area contributed by atoms with Gasteiger partial charge in [0.2, 0.25) is 5.91 Å². The Morgan fingerprint density at radius 2 is 2.19 bits per heavy atom. The molecule has 1 amide bonds. The van der Waals surface area contributed by atoms with Gasteiger partial charge in [-0.1, -0.05) is 23.5 Å². The highest BCUT2D eigenvalue weighted by Crippen LogP contribution is 2.16. The van der Waals surface area contributed by atoms with Crippen molar-refractivity contribution in [1.82, 2.24) is 9.88 Å². The van der Waals surface area contributed by atoms with Crippen LogP contribution in [0, 0.1) is 0 Å². The second-order valence-electron chi connectivity index (χ2n) is 3.41. The first kappa shape index (κ1) is 10.9. The van der Waals surface area contributed by atoms with E-state index in [1.54, 1.807) is 11.6 Å². The molecule has 0 bridgehead atoms. The van der Waals surface area contributed by atoms with Crippen LogP contribution in [0.5, 0.6) is 0 Å². The topological polar surface area (TPSA) is 51.1 Å². The average molecular weight is 236 g/mol. The summed E-state index contributed by atoms with van der Waals surface area (Å²) in [6.07, 6.45) is 0.330. The van der Waals surface area contributed by atoms with Gasteiger partial charge in [0, 0.05) is 20.0 Å². The molecule has 1 aromatic carbocycles. The number of para-hydroxylation sites is 1. The fourth-order valence-corrected chi connectivity index (χ4v) is 2.48. The van der Waals surface area contributed by atoms with Crippen molar-refractivity contribution in [2.24, 2.45) is 0 Å². The maximum Gasteiger partial charge on any atom is 0.308 e. The summed E-state index contributed by atoms with van der Waals surface area (Å²) in [5.74, 6) is -0.0535. The first-order valence-corrected chi connectivity index (χ1v) is 5.83. The van der Waals surface area contributed by atoms with E-state index < -0.39 is 0 Å². The van der Waals surface area contributed by atoms with Gasteiger partial charge < -0.3 is 5.32 Å². The van der Waals surface area contributed by atoms with Crippen molar-refractivity contribution in [2.75, 3.05) is 7.05 Å². The minimum absolute atomic E-state index is 0.00916. The van der Waals surface area contributed by atoms with E-state index in [0.717, 1.165) is 10.2 Å². The quantitative estimate of drug-likeness (QED) is 0.870. The lowest BCUT2D eigenvalue weighted by Gasteiger charge is -2.02. The molecule has 0 aliphatic heterocycles. The Morgan fingerprint density at radius 3 is 2.94 bits per heavy atom. The number of nitrogens with zero attached hydrogens (tertiary/aromatic N) is 1. The van der Waals surface area contributed by atoms with Gasteiger partial charge in [-0.25, -0.2) is 0 Å². The van der Waals surface area contributed by atoms with Crippen LogP contribution < -0.4 is 10.2 Å². The van der Waals surface area contributed by atoms with Gasteiger partial charge in [-0.05, 0) is 12.1 Å². The Labute approximate surface area is 96.5 Å². The summed E-state index contributed by atoms with van der Waals surface area (Å²) >= 11 is 1.21. The second kappa shape index (κ2) is 4.49. The summed E-state index contributed by atoms with van der Waals surface area (Å²) < 4.78 is 2.61. The number of fused-ring (bicyclic) bond motifs is 1. The molecule has 0 atom stereocenters. The van der Waals surface area contributed by atoms with Crippen LogP contribution in [0.2, 0.25) is 0 Å². The minimum atomic E-state index is -0.0535. The number of benzene rings is 1. The van der Waals surface area contributed by atoms with Gasteiger partial charge >= 0.3 is 4.87 Å². The summed E-state index contributed by atoms with van der Waals surface area (Å²) in [6, 6.07) is 7.61. The lowest BCUT2D eigenvalue weighted by atomic mass is 10.3. The van der Waals surface area contributed by atoms with Gasteiger partial charge in [0.05, 0.1) is 10.2 Å². The molecule has 0 unspecified atom stereocenters. The van der Waals surface area contributed by atoms with Crippen LogP contribution in [0.25, 0.3) is 10.2 Å². The minimum Gasteiger partial charge on any atom is -0.359 e. The average Bonchev–Trinajstić information content (AvgIpc) is 2.62. The van der Waals surface area contributed by atoms with Crippen LogP contribution >= 0.6 is 11.3 Å². The number of nitrogens with one attached hydrogen (secondary N) is 1. The lowest BCUT2D eigenvalue weighted by molar-refractivity contribution is -0.120. The molecule has 16 heavy (non-hydrogen) atoms. The predicted molar refractivity (Wildman–Crippen MR) is 64.8 cm³/mol. The van der Waals surface area contributed by atoms with Crippen molar-refractivity contribution < 1.29 is 4.79 Å². The van der Waals surface area contributed by atoms with E-state index in [0.29, 0.717) is 13.0 Å². The summed E-state index contributed by atoms with van der Waals surface area (Å²) in [4.78, 5) is 22.8. The van der Waals surface area contributed by atoms with E-state index in [4.69, 9.17) is 0 Å². The first-order valence-electron chi connectivity index (χ1n) is 5.01. The fraction of sp³-hybridized carbons (Fsp3) is 0.273. The van der Waals surface area contributed by atoms with E-state index in [1.807, 2.05) is 24.3 Å². The van der Waals surface area contributed by atoms with Gasteiger partial charge in [0.25, 0.3) is 0 Å². The molecule has 2 aromatic rings. The Bertz CT molecular complexity index is 571. The van der Waals surface area contributed by atoms with Gasteiger partial charge in [-0.15, -0.1) is 0 Å². The molecule has 0 aliphatic carbocycles. The van der Waals surface area contributed by atoms with E-state index in [-0.39, 0.29) is 10.8 Å². The number of hydrogen-bond donors (Lipinski definition) is 1. The zero-order valence-electron chi connectivity index (χ0n) is 8.90. The third kappa shape index (κ3) is 1.99. The maximum atomic E-state index is 11.7. The van der Waals surface area contributed by atoms with Crippen LogP contribution in [-0.4, -0.2) is 17.5 Å². The molecule has 0 saturated carbocycles. The van der Waals surface area contributed by atoms with E-state index in [9.17, 15) is 9.59 Å². The van der Waals surface area contributed by atoms with Gasteiger partial charge in [-0.2, -0.15) is 0 Å². The Balaban J connectivity index is 2.33. The SMILES string of the molecule is CNC(=O)CCn1c(=O)sc2ccccc21. The predicted octanol–water partition coefficient (Wildman–Crippen LogP) is 1.20. The molecule has 0 spiro atoms. The maximum absolute atomic E-state index is 11.7. The van der Waals surface area contributed by atoms with Gasteiger partial charge in [-0.3, -0.25) is 14.2 Å². The monoisotopic (exact) mass is 236 g/mol. The molecule has 0 aliphatic rings. The zero-order chi connectivity index (χ0) is 11.5. The van der Waals surface area contributed by atoms with E-state index in [2.05, 4.69) is 5.32 Å². The van der Waals surface area contributed by atoms with Crippen LogP contribution in [0.3, 0.4) is 0 Å². The first-order chi connectivity index (χ1) is 7.72. The van der Waals surface area contributed by atoms with Crippen LogP contribution in [0.1, 0.15) is 6.42 Å². The van der Waals surface area contributed by atoms with Crippen LogP contribution in [0.4, 0.5) is 0 Å². The lowest BCUT2D eigenvalue weighted by Crippen LogP contribution is -2.22. The largest absolute Gasteiger partial charge is 0.359 e. The Hall–Kier alpha value is -1.62. The van der Waals surface area contributed by atoms with Gasteiger partial charge in [0.1, 0.15) is 0 Å². The van der Waals surface area contributed by atoms with E-state index >= 15 is 0 Å². The smallest absolute Gasteiger partial charge is 0.308 e. The Morgan fingerprint density at radius 1 is 1.44 bits per heavy atom. The number of aromatic nitrogens is 1. The molecule has 1 N–H and O–H groups in total. The van der Waals surface area contributed by atoms with Crippen molar-refractivity contribution in [2.45, 2.75) is 13.0 Å². The zero-order valence-corrected chi connectivity index (χ0v) is 9.71. The van der Waals surface area contributed by atoms with Crippen molar-refractivity contribution in [3.8, 4) is 0 Å². The number of rotatable bonds is 3. The second-order valence-corrected chi connectivity index (χ2v) is 4.40. The highest BCUT2D eigenvalue weighted by atomic mass is 32.1. The highest BCUT2D eigenvalue weighted by molar-refractivity contribution is 7.16. The number of hydrogen-bond acceptors (Lipinski definition) is 3. The molecule has 0 fully saturated rings. The number of aryl methyl sites for hydroxylation is 1. The highest BCUT2D eigenvalue weighted by Gasteiger charge is 2.07. The summed E-state index contributed by atoms with van der Waals surface area (Å²) in [5.41, 5.74) is 0.904. The van der Waals surface area contributed by atoms with Crippen molar-refractivity contribution in [3.05, 3.63) is 33.9 Å². The normalized spacial score (nSPS) is 10.6. The number of carbonyl (C=O) groups excluding carboxylic acids is 1. The Kier molecular flexibility index (Phi) is 3.05. The summed E-state index contributed by atoms with van der Waals surface area (Å²) in [6.45, 7) is 0.433. The third-order valence-corrected chi connectivity index (χ3v) is 3.38. The number of amides is 1. The molecule has 0 saturated heterocycles.